The van der Waals surface area contributed by atoms with Gasteiger partial charge in [-0.3, -0.25) is 4.98 Å². The molecule has 5 heteroatoms. The second kappa shape index (κ2) is 4.83. The number of nitrogen functional groups attached to an aromatic ring is 1. The number of carbonyl (C=O) groups is 1. The first kappa shape index (κ1) is 12.0. The second-order valence-electron chi connectivity index (χ2n) is 3.63. The number of esters is 1. The molecule has 0 aliphatic carbocycles. The zero-order chi connectivity index (χ0) is 13.1. The van der Waals surface area contributed by atoms with Crippen molar-refractivity contribution in [2.24, 2.45) is 0 Å². The van der Waals surface area contributed by atoms with E-state index in [1.54, 1.807) is 0 Å². The van der Waals surface area contributed by atoms with E-state index < -0.39 is 11.8 Å². The minimum atomic E-state index is -0.507. The Labute approximate surface area is 103 Å². The zero-order valence-corrected chi connectivity index (χ0v) is 9.68. The summed E-state index contributed by atoms with van der Waals surface area (Å²) in [5, 5.41) is 0. The van der Waals surface area contributed by atoms with Gasteiger partial charge in [0.25, 0.3) is 0 Å². The van der Waals surface area contributed by atoms with Crippen LogP contribution < -0.4 is 5.73 Å². The molecule has 0 saturated heterocycles. The summed E-state index contributed by atoms with van der Waals surface area (Å²) >= 11 is 0. The van der Waals surface area contributed by atoms with Gasteiger partial charge in [-0.05, 0) is 30.3 Å². The van der Waals surface area contributed by atoms with Crippen molar-refractivity contribution in [2.75, 3.05) is 12.8 Å². The molecule has 1 aromatic carbocycles. The van der Waals surface area contributed by atoms with Crippen LogP contribution >= 0.6 is 0 Å². The number of carbonyl (C=O) groups excluding carboxylic acids is 1. The van der Waals surface area contributed by atoms with Crippen molar-refractivity contribution in [2.45, 2.75) is 0 Å². The monoisotopic (exact) mass is 246 g/mol. The van der Waals surface area contributed by atoms with Crippen molar-refractivity contribution in [1.29, 1.82) is 0 Å². The van der Waals surface area contributed by atoms with Crippen LogP contribution in [-0.4, -0.2) is 18.1 Å². The first-order valence-electron chi connectivity index (χ1n) is 5.22. The molecule has 2 rings (SSSR count). The summed E-state index contributed by atoms with van der Waals surface area (Å²) in [6.07, 6.45) is 1.46. The lowest BCUT2D eigenvalue weighted by Gasteiger charge is -2.08. The largest absolute Gasteiger partial charge is 0.465 e. The van der Waals surface area contributed by atoms with Gasteiger partial charge in [0, 0.05) is 17.4 Å². The Kier molecular flexibility index (Phi) is 3.23. The first-order valence-corrected chi connectivity index (χ1v) is 5.22. The van der Waals surface area contributed by atoms with Gasteiger partial charge in [-0.25, -0.2) is 9.18 Å². The molecular weight excluding hydrogens is 235 g/mol. The Morgan fingerprint density at radius 1 is 1.39 bits per heavy atom. The summed E-state index contributed by atoms with van der Waals surface area (Å²) in [5.41, 5.74) is 6.90. The maximum absolute atomic E-state index is 13.6. The van der Waals surface area contributed by atoms with Crippen molar-refractivity contribution in [3.05, 3.63) is 47.9 Å². The van der Waals surface area contributed by atoms with Crippen molar-refractivity contribution in [1.82, 2.24) is 4.98 Å². The van der Waals surface area contributed by atoms with Crippen LogP contribution in [0.2, 0.25) is 0 Å². The minimum absolute atomic E-state index is 0.112. The summed E-state index contributed by atoms with van der Waals surface area (Å²) in [7, 11) is 1.28. The molecule has 0 atom stereocenters. The predicted molar refractivity (Wildman–Crippen MR) is 65.4 cm³/mol. The maximum Gasteiger partial charge on any atom is 0.337 e. The lowest BCUT2D eigenvalue weighted by atomic mass is 10.0. The lowest BCUT2D eigenvalue weighted by Crippen LogP contribution is -2.03. The summed E-state index contributed by atoms with van der Waals surface area (Å²) in [5.74, 6) is -1.00. The van der Waals surface area contributed by atoms with Crippen molar-refractivity contribution >= 4 is 11.7 Å². The van der Waals surface area contributed by atoms with Gasteiger partial charge in [0.1, 0.15) is 11.5 Å². The van der Waals surface area contributed by atoms with E-state index in [0.29, 0.717) is 16.8 Å². The van der Waals surface area contributed by atoms with Gasteiger partial charge in [0.15, 0.2) is 0 Å². The van der Waals surface area contributed by atoms with E-state index in [9.17, 15) is 9.18 Å². The highest BCUT2D eigenvalue weighted by atomic mass is 19.1. The molecule has 0 unspecified atom stereocenters. The molecule has 0 spiro atoms. The highest BCUT2D eigenvalue weighted by Gasteiger charge is 2.13. The molecule has 0 aliphatic heterocycles. The van der Waals surface area contributed by atoms with Crippen LogP contribution in [0, 0.1) is 5.82 Å². The molecule has 1 aromatic heterocycles. The smallest absolute Gasteiger partial charge is 0.337 e. The lowest BCUT2D eigenvalue weighted by molar-refractivity contribution is 0.0601. The average molecular weight is 246 g/mol. The molecule has 92 valence electrons. The van der Waals surface area contributed by atoms with Gasteiger partial charge in [0.05, 0.1) is 12.7 Å². The van der Waals surface area contributed by atoms with Crippen LogP contribution in [0.3, 0.4) is 0 Å². The third-order valence-corrected chi connectivity index (χ3v) is 2.49. The topological polar surface area (TPSA) is 65.2 Å². The molecule has 2 aromatic rings. The number of hydrogen-bond acceptors (Lipinski definition) is 4. The SMILES string of the molecule is COC(=O)c1ccc(N)c(-c2ncccc2F)c1. The van der Waals surface area contributed by atoms with E-state index in [-0.39, 0.29) is 5.69 Å². The molecule has 0 radical (unpaired) electrons. The molecule has 0 fully saturated rings. The average Bonchev–Trinajstić information content (AvgIpc) is 2.39. The van der Waals surface area contributed by atoms with E-state index >= 15 is 0 Å². The second-order valence-corrected chi connectivity index (χ2v) is 3.63. The minimum Gasteiger partial charge on any atom is -0.465 e. The third-order valence-electron chi connectivity index (χ3n) is 2.49. The first-order chi connectivity index (χ1) is 8.63. The molecule has 18 heavy (non-hydrogen) atoms. The van der Waals surface area contributed by atoms with Crippen LogP contribution in [0.4, 0.5) is 10.1 Å². The number of hydrogen-bond donors (Lipinski definition) is 1. The van der Waals surface area contributed by atoms with Crippen molar-refractivity contribution < 1.29 is 13.9 Å². The van der Waals surface area contributed by atoms with Crippen molar-refractivity contribution in [3.8, 4) is 11.3 Å². The Hall–Kier alpha value is -2.43. The highest BCUT2D eigenvalue weighted by molar-refractivity contribution is 5.92. The molecule has 2 N–H and O–H groups in total. The number of aromatic nitrogens is 1. The highest BCUT2D eigenvalue weighted by Crippen LogP contribution is 2.27. The van der Waals surface area contributed by atoms with Crippen LogP contribution in [0.5, 0.6) is 0 Å². The number of rotatable bonds is 2. The summed E-state index contributed by atoms with van der Waals surface area (Å²) < 4.78 is 18.2. The Balaban J connectivity index is 2.57. The van der Waals surface area contributed by atoms with E-state index in [2.05, 4.69) is 9.72 Å². The standard InChI is InChI=1S/C13H11FN2O2/c1-18-13(17)8-4-5-11(15)9(7-8)12-10(14)3-2-6-16-12/h2-7H,15H2,1H3. The number of nitrogens with two attached hydrogens (primary N) is 1. The van der Waals surface area contributed by atoms with E-state index in [1.165, 1.54) is 43.6 Å². The number of benzene rings is 1. The molecule has 4 nitrogen and oxygen atoms in total. The van der Waals surface area contributed by atoms with Crippen LogP contribution in [0.1, 0.15) is 10.4 Å². The number of anilines is 1. The molecule has 0 amide bonds. The van der Waals surface area contributed by atoms with Gasteiger partial charge in [-0.2, -0.15) is 0 Å². The Morgan fingerprint density at radius 3 is 2.83 bits per heavy atom. The Bertz CT molecular complexity index is 599. The van der Waals surface area contributed by atoms with E-state index in [0.717, 1.165) is 0 Å². The zero-order valence-electron chi connectivity index (χ0n) is 9.68. The number of pyridine rings is 1. The third kappa shape index (κ3) is 2.15. The van der Waals surface area contributed by atoms with Crippen LogP contribution in [0.15, 0.2) is 36.5 Å². The van der Waals surface area contributed by atoms with Crippen LogP contribution in [0.25, 0.3) is 11.3 Å². The van der Waals surface area contributed by atoms with Gasteiger partial charge < -0.3 is 10.5 Å². The fourth-order valence-electron chi connectivity index (χ4n) is 1.59. The van der Waals surface area contributed by atoms with E-state index in [4.69, 9.17) is 5.73 Å². The van der Waals surface area contributed by atoms with Gasteiger partial charge >= 0.3 is 5.97 Å². The molecular formula is C13H11FN2O2. The number of methoxy groups -OCH3 is 1. The van der Waals surface area contributed by atoms with E-state index in [1.807, 2.05) is 0 Å². The fraction of sp³-hybridized carbons (Fsp3) is 0.0769. The van der Waals surface area contributed by atoms with Gasteiger partial charge in [-0.1, -0.05) is 0 Å². The molecule has 0 aliphatic rings. The summed E-state index contributed by atoms with van der Waals surface area (Å²) in [4.78, 5) is 15.3. The van der Waals surface area contributed by atoms with Crippen LogP contribution in [-0.2, 0) is 4.74 Å². The van der Waals surface area contributed by atoms with Crippen molar-refractivity contribution in [3.63, 3.8) is 0 Å². The maximum atomic E-state index is 13.6. The number of ether oxygens (including phenoxy) is 1. The number of nitrogens with zero attached hydrogens (tertiary/aromatic N) is 1. The molecule has 0 bridgehead atoms. The summed E-state index contributed by atoms with van der Waals surface area (Å²) in [6, 6.07) is 7.28. The predicted octanol–water partition coefficient (Wildman–Crippen LogP) is 2.26. The molecule has 0 saturated carbocycles. The summed E-state index contributed by atoms with van der Waals surface area (Å²) in [6.45, 7) is 0. The Morgan fingerprint density at radius 2 is 2.17 bits per heavy atom. The quantitative estimate of drug-likeness (QED) is 0.652. The van der Waals surface area contributed by atoms with Gasteiger partial charge in [-0.15, -0.1) is 0 Å². The normalized spacial score (nSPS) is 10.1. The number of halogens is 1. The molecule has 1 heterocycles. The fourth-order valence-corrected chi connectivity index (χ4v) is 1.59. The van der Waals surface area contributed by atoms with Gasteiger partial charge in [0.2, 0.25) is 0 Å².